The smallest absolute Gasteiger partial charge is 0.326 e. The molecule has 0 bridgehead atoms. The number of carboxylic acids is 1. The molecule has 1 atom stereocenters. The number of aliphatic carboxylic acids is 1. The van der Waals surface area contributed by atoms with Crippen LogP contribution in [0.2, 0.25) is 5.02 Å². The molecule has 6 nitrogen and oxygen atoms in total. The molecular weight excluding hydrogens is 318 g/mol. The molecule has 1 aliphatic rings. The van der Waals surface area contributed by atoms with E-state index >= 15 is 0 Å². The fourth-order valence-corrected chi connectivity index (χ4v) is 2.67. The molecular formula is C16H16ClN3O3. The standard InChI is InChI=1S/C16H16ClN3O3/c1-9-7-13(15(21)18-14(16(22)23)10-5-6-10)19-20(9)12-4-2-3-11(17)8-12/h2-4,7-8,10,14H,5-6H2,1H3,(H,18,21)(H,22,23). The molecule has 1 aromatic heterocycles. The van der Waals surface area contributed by atoms with Crippen LogP contribution in [-0.2, 0) is 4.79 Å². The number of amides is 1. The van der Waals surface area contributed by atoms with Crippen LogP contribution in [0, 0.1) is 12.8 Å². The van der Waals surface area contributed by atoms with Gasteiger partial charge in [-0.15, -0.1) is 0 Å². The van der Waals surface area contributed by atoms with Gasteiger partial charge in [-0.1, -0.05) is 17.7 Å². The quantitative estimate of drug-likeness (QED) is 0.880. The Hall–Kier alpha value is -2.34. The van der Waals surface area contributed by atoms with Crippen LogP contribution < -0.4 is 5.32 Å². The molecule has 0 radical (unpaired) electrons. The van der Waals surface area contributed by atoms with E-state index in [4.69, 9.17) is 11.6 Å². The van der Waals surface area contributed by atoms with Crippen molar-refractivity contribution < 1.29 is 14.7 Å². The van der Waals surface area contributed by atoms with Crippen LogP contribution >= 0.6 is 11.6 Å². The first-order chi connectivity index (χ1) is 11.0. The van der Waals surface area contributed by atoms with Gasteiger partial charge in [0.1, 0.15) is 6.04 Å². The Morgan fingerprint density at radius 1 is 1.39 bits per heavy atom. The summed E-state index contributed by atoms with van der Waals surface area (Å²) in [6, 6.07) is 7.91. The van der Waals surface area contributed by atoms with Crippen LogP contribution in [0.5, 0.6) is 0 Å². The molecule has 120 valence electrons. The summed E-state index contributed by atoms with van der Waals surface area (Å²) in [5.74, 6) is -1.47. The minimum absolute atomic E-state index is 0.0209. The number of carbonyl (C=O) groups is 2. The van der Waals surface area contributed by atoms with E-state index in [2.05, 4.69) is 10.4 Å². The van der Waals surface area contributed by atoms with Crippen molar-refractivity contribution in [3.8, 4) is 5.69 Å². The highest BCUT2D eigenvalue weighted by Gasteiger charge is 2.37. The van der Waals surface area contributed by atoms with Gasteiger partial charge in [-0.3, -0.25) is 4.79 Å². The van der Waals surface area contributed by atoms with E-state index in [0.717, 1.165) is 24.2 Å². The fourth-order valence-electron chi connectivity index (χ4n) is 2.48. The summed E-state index contributed by atoms with van der Waals surface area (Å²) in [6.07, 6.45) is 1.65. The zero-order valence-corrected chi connectivity index (χ0v) is 13.2. The Kier molecular flexibility index (Phi) is 4.09. The number of rotatable bonds is 5. The van der Waals surface area contributed by atoms with Crippen molar-refractivity contribution in [2.45, 2.75) is 25.8 Å². The third kappa shape index (κ3) is 3.37. The molecule has 2 aromatic rings. The van der Waals surface area contributed by atoms with Gasteiger partial charge in [0.2, 0.25) is 0 Å². The van der Waals surface area contributed by atoms with Gasteiger partial charge >= 0.3 is 5.97 Å². The molecule has 0 spiro atoms. The van der Waals surface area contributed by atoms with Crippen molar-refractivity contribution >= 4 is 23.5 Å². The second-order valence-electron chi connectivity index (χ2n) is 5.69. The Morgan fingerprint density at radius 2 is 2.13 bits per heavy atom. The minimum Gasteiger partial charge on any atom is -0.480 e. The molecule has 1 aromatic carbocycles. The number of hydrogen-bond donors (Lipinski definition) is 2. The minimum atomic E-state index is -1.01. The summed E-state index contributed by atoms with van der Waals surface area (Å²) in [5, 5.41) is 16.6. The third-order valence-corrected chi connectivity index (χ3v) is 4.05. The molecule has 0 aliphatic heterocycles. The first-order valence-electron chi connectivity index (χ1n) is 7.32. The van der Waals surface area contributed by atoms with E-state index < -0.39 is 17.9 Å². The van der Waals surface area contributed by atoms with E-state index in [9.17, 15) is 14.7 Å². The van der Waals surface area contributed by atoms with Crippen molar-refractivity contribution in [1.82, 2.24) is 15.1 Å². The second-order valence-corrected chi connectivity index (χ2v) is 6.13. The van der Waals surface area contributed by atoms with Crippen molar-refractivity contribution in [3.63, 3.8) is 0 Å². The molecule has 1 fully saturated rings. The zero-order valence-electron chi connectivity index (χ0n) is 12.5. The molecule has 1 aliphatic carbocycles. The lowest BCUT2D eigenvalue weighted by atomic mass is 10.2. The normalized spacial score (nSPS) is 15.2. The maximum atomic E-state index is 12.3. The number of carboxylic acid groups (broad SMARTS) is 1. The van der Waals surface area contributed by atoms with E-state index in [1.165, 1.54) is 0 Å². The largest absolute Gasteiger partial charge is 0.480 e. The Bertz CT molecular complexity index is 768. The van der Waals surface area contributed by atoms with Gasteiger partial charge in [0.25, 0.3) is 5.91 Å². The number of aromatic nitrogens is 2. The van der Waals surface area contributed by atoms with E-state index in [-0.39, 0.29) is 11.6 Å². The Morgan fingerprint density at radius 3 is 2.74 bits per heavy atom. The number of hydrogen-bond acceptors (Lipinski definition) is 3. The average Bonchev–Trinajstić information content (AvgIpc) is 3.26. The molecule has 7 heteroatoms. The predicted octanol–water partition coefficient (Wildman–Crippen LogP) is 2.43. The average molecular weight is 334 g/mol. The number of halogens is 1. The Labute approximate surface area is 138 Å². The second kappa shape index (κ2) is 6.04. The number of benzene rings is 1. The monoisotopic (exact) mass is 333 g/mol. The molecule has 3 rings (SSSR count). The van der Waals surface area contributed by atoms with Gasteiger partial charge in [-0.05, 0) is 49.9 Å². The van der Waals surface area contributed by atoms with Crippen LogP contribution in [0.1, 0.15) is 29.0 Å². The lowest BCUT2D eigenvalue weighted by Gasteiger charge is -2.12. The molecule has 1 amide bonds. The van der Waals surface area contributed by atoms with Gasteiger partial charge in [-0.2, -0.15) is 5.10 Å². The fraction of sp³-hybridized carbons (Fsp3) is 0.312. The van der Waals surface area contributed by atoms with Crippen LogP contribution in [-0.4, -0.2) is 32.8 Å². The Balaban J connectivity index is 1.82. The molecule has 23 heavy (non-hydrogen) atoms. The predicted molar refractivity (Wildman–Crippen MR) is 84.9 cm³/mol. The summed E-state index contributed by atoms with van der Waals surface area (Å²) in [4.78, 5) is 23.5. The van der Waals surface area contributed by atoms with Gasteiger partial charge in [0.15, 0.2) is 5.69 Å². The van der Waals surface area contributed by atoms with E-state index in [1.807, 2.05) is 13.0 Å². The third-order valence-electron chi connectivity index (χ3n) is 3.82. The van der Waals surface area contributed by atoms with E-state index in [0.29, 0.717) is 5.02 Å². The van der Waals surface area contributed by atoms with Crippen LogP contribution in [0.4, 0.5) is 0 Å². The highest BCUT2D eigenvalue weighted by Crippen LogP contribution is 2.32. The summed E-state index contributed by atoms with van der Waals surface area (Å²) in [7, 11) is 0. The lowest BCUT2D eigenvalue weighted by molar-refractivity contribution is -0.139. The SMILES string of the molecule is Cc1cc(C(=O)NC(C(=O)O)C2CC2)nn1-c1cccc(Cl)c1. The molecule has 1 unspecified atom stereocenters. The first kappa shape index (κ1) is 15.6. The van der Waals surface area contributed by atoms with E-state index in [1.54, 1.807) is 28.9 Å². The first-order valence-corrected chi connectivity index (χ1v) is 7.70. The summed E-state index contributed by atoms with van der Waals surface area (Å²) >= 11 is 5.98. The zero-order chi connectivity index (χ0) is 16.6. The van der Waals surface area contributed by atoms with Crippen LogP contribution in [0.25, 0.3) is 5.69 Å². The molecule has 1 heterocycles. The maximum absolute atomic E-state index is 12.3. The lowest BCUT2D eigenvalue weighted by Crippen LogP contribution is -2.42. The molecule has 2 N–H and O–H groups in total. The van der Waals surface area contributed by atoms with Gasteiger partial charge in [0, 0.05) is 10.7 Å². The highest BCUT2D eigenvalue weighted by atomic mass is 35.5. The van der Waals surface area contributed by atoms with Crippen LogP contribution in [0.3, 0.4) is 0 Å². The van der Waals surface area contributed by atoms with Crippen molar-refractivity contribution in [2.75, 3.05) is 0 Å². The summed E-state index contributed by atoms with van der Waals surface area (Å²) in [6.45, 7) is 1.82. The topological polar surface area (TPSA) is 84.2 Å². The number of nitrogens with one attached hydrogen (secondary N) is 1. The number of nitrogens with zero attached hydrogens (tertiary/aromatic N) is 2. The van der Waals surface area contributed by atoms with Crippen LogP contribution in [0.15, 0.2) is 30.3 Å². The van der Waals surface area contributed by atoms with Crippen molar-refractivity contribution in [2.24, 2.45) is 5.92 Å². The van der Waals surface area contributed by atoms with Gasteiger partial charge < -0.3 is 10.4 Å². The van der Waals surface area contributed by atoms with Gasteiger partial charge in [-0.25, -0.2) is 9.48 Å². The highest BCUT2D eigenvalue weighted by molar-refractivity contribution is 6.30. The van der Waals surface area contributed by atoms with Gasteiger partial charge in [0.05, 0.1) is 5.69 Å². The summed E-state index contributed by atoms with van der Waals surface area (Å²) < 4.78 is 1.60. The number of aryl methyl sites for hydroxylation is 1. The van der Waals surface area contributed by atoms with Crippen molar-refractivity contribution in [3.05, 3.63) is 46.7 Å². The maximum Gasteiger partial charge on any atom is 0.326 e. The molecule has 1 saturated carbocycles. The summed E-state index contributed by atoms with van der Waals surface area (Å²) in [5.41, 5.74) is 1.69. The van der Waals surface area contributed by atoms with Crippen molar-refractivity contribution in [1.29, 1.82) is 0 Å². The number of carbonyl (C=O) groups excluding carboxylic acids is 1. The molecule has 0 saturated heterocycles.